The van der Waals surface area contributed by atoms with Crippen LogP contribution in [0.4, 0.5) is 4.39 Å². The van der Waals surface area contributed by atoms with Gasteiger partial charge in [-0.25, -0.2) is 4.39 Å². The quantitative estimate of drug-likeness (QED) is 0.805. The topological polar surface area (TPSA) is 32.3 Å². The molecule has 2 unspecified atom stereocenters. The molecule has 1 aliphatic heterocycles. The van der Waals surface area contributed by atoms with E-state index in [2.05, 4.69) is 5.32 Å². The summed E-state index contributed by atoms with van der Waals surface area (Å²) in [6.45, 7) is 4.62. The number of aliphatic hydroxyl groups excluding tert-OH is 1. The highest BCUT2D eigenvalue weighted by atomic mass is 19.1. The summed E-state index contributed by atoms with van der Waals surface area (Å²) >= 11 is 0. The second-order valence-electron chi connectivity index (χ2n) is 4.63. The molecule has 2 nitrogen and oxygen atoms in total. The van der Waals surface area contributed by atoms with Crippen molar-refractivity contribution < 1.29 is 9.50 Å². The number of hydrogen-bond acceptors (Lipinski definition) is 2. The van der Waals surface area contributed by atoms with Crippen LogP contribution in [0.3, 0.4) is 0 Å². The van der Waals surface area contributed by atoms with Crippen molar-refractivity contribution in [1.82, 2.24) is 5.32 Å². The monoisotopic (exact) mass is 223 g/mol. The third-order valence-corrected chi connectivity index (χ3v) is 3.26. The summed E-state index contributed by atoms with van der Waals surface area (Å²) in [5.74, 6) is -0.293. The van der Waals surface area contributed by atoms with Crippen LogP contribution >= 0.6 is 0 Å². The Morgan fingerprint density at radius 1 is 1.44 bits per heavy atom. The summed E-state index contributed by atoms with van der Waals surface area (Å²) in [6, 6.07) is 3.40. The van der Waals surface area contributed by atoms with E-state index in [4.69, 9.17) is 0 Å². The first kappa shape index (κ1) is 11.6. The second-order valence-corrected chi connectivity index (χ2v) is 4.63. The molecule has 0 spiro atoms. The summed E-state index contributed by atoms with van der Waals surface area (Å²) in [6.07, 6.45) is 1.23. The molecule has 1 fully saturated rings. The lowest BCUT2D eigenvalue weighted by Gasteiger charge is -2.21. The van der Waals surface area contributed by atoms with Gasteiger partial charge in [0.25, 0.3) is 0 Å². The van der Waals surface area contributed by atoms with Crippen molar-refractivity contribution in [1.29, 1.82) is 0 Å². The van der Waals surface area contributed by atoms with Crippen LogP contribution in [-0.4, -0.2) is 17.7 Å². The molecule has 1 aromatic rings. The van der Waals surface area contributed by atoms with Crippen LogP contribution in [0.25, 0.3) is 0 Å². The Bertz CT molecular complexity index is 363. The first-order valence-electron chi connectivity index (χ1n) is 5.77. The molecule has 16 heavy (non-hydrogen) atoms. The highest BCUT2D eigenvalue weighted by Crippen LogP contribution is 2.28. The predicted octanol–water partition coefficient (Wildman–Crippen LogP) is 2.23. The van der Waals surface area contributed by atoms with Crippen molar-refractivity contribution in [2.45, 2.75) is 38.8 Å². The molecule has 88 valence electrons. The van der Waals surface area contributed by atoms with Gasteiger partial charge in [-0.05, 0) is 50.4 Å². The highest BCUT2D eigenvalue weighted by molar-refractivity contribution is 5.34. The largest absolute Gasteiger partial charge is 0.387 e. The van der Waals surface area contributed by atoms with E-state index < -0.39 is 6.10 Å². The van der Waals surface area contributed by atoms with Gasteiger partial charge < -0.3 is 10.4 Å². The lowest BCUT2D eigenvalue weighted by molar-refractivity contribution is 0.132. The van der Waals surface area contributed by atoms with Gasteiger partial charge in [-0.3, -0.25) is 0 Å². The highest BCUT2D eigenvalue weighted by Gasteiger charge is 2.27. The van der Waals surface area contributed by atoms with Crippen molar-refractivity contribution >= 4 is 0 Å². The number of hydrogen-bond donors (Lipinski definition) is 2. The van der Waals surface area contributed by atoms with Gasteiger partial charge in [-0.1, -0.05) is 6.07 Å². The van der Waals surface area contributed by atoms with Crippen molar-refractivity contribution in [3.8, 4) is 0 Å². The zero-order chi connectivity index (χ0) is 11.7. The van der Waals surface area contributed by atoms with E-state index >= 15 is 0 Å². The lowest BCUT2D eigenvalue weighted by atomic mass is 9.95. The molecule has 0 bridgehead atoms. The van der Waals surface area contributed by atoms with Gasteiger partial charge in [-0.15, -0.1) is 0 Å². The molecule has 2 rings (SSSR count). The van der Waals surface area contributed by atoms with Gasteiger partial charge in [0.05, 0.1) is 6.10 Å². The van der Waals surface area contributed by atoms with E-state index in [-0.39, 0.29) is 11.9 Å². The minimum absolute atomic E-state index is 0.00379. The molecule has 1 aliphatic rings. The smallest absolute Gasteiger partial charge is 0.129 e. The van der Waals surface area contributed by atoms with Crippen LogP contribution in [0.15, 0.2) is 12.1 Å². The molecule has 0 aromatic heterocycles. The summed E-state index contributed by atoms with van der Waals surface area (Å²) in [4.78, 5) is 0. The van der Waals surface area contributed by atoms with Crippen LogP contribution < -0.4 is 5.32 Å². The SMILES string of the molecule is Cc1cc(C)c(C(O)C2CCCN2)c(F)c1. The molecule has 0 saturated carbocycles. The number of halogens is 1. The number of benzene rings is 1. The molecule has 1 saturated heterocycles. The number of aliphatic hydroxyl groups is 1. The number of nitrogens with one attached hydrogen (secondary N) is 1. The Morgan fingerprint density at radius 2 is 2.19 bits per heavy atom. The van der Waals surface area contributed by atoms with Crippen molar-refractivity contribution in [2.24, 2.45) is 0 Å². The average molecular weight is 223 g/mol. The maximum absolute atomic E-state index is 13.8. The molecule has 2 atom stereocenters. The molecular formula is C13H18FNO. The van der Waals surface area contributed by atoms with E-state index in [0.717, 1.165) is 30.5 Å². The first-order valence-corrected chi connectivity index (χ1v) is 5.77. The number of aryl methyl sites for hydroxylation is 2. The fourth-order valence-electron chi connectivity index (χ4n) is 2.48. The fraction of sp³-hybridized carbons (Fsp3) is 0.538. The molecule has 0 aliphatic carbocycles. The Balaban J connectivity index is 2.31. The van der Waals surface area contributed by atoms with Crippen LogP contribution in [0.5, 0.6) is 0 Å². The van der Waals surface area contributed by atoms with Crippen LogP contribution in [0.2, 0.25) is 0 Å². The van der Waals surface area contributed by atoms with E-state index in [1.807, 2.05) is 19.9 Å². The van der Waals surface area contributed by atoms with Crippen molar-refractivity contribution in [3.63, 3.8) is 0 Å². The minimum Gasteiger partial charge on any atom is -0.387 e. The summed E-state index contributed by atoms with van der Waals surface area (Å²) < 4.78 is 13.8. The van der Waals surface area contributed by atoms with Gasteiger partial charge >= 0.3 is 0 Å². The third-order valence-electron chi connectivity index (χ3n) is 3.26. The zero-order valence-corrected chi connectivity index (χ0v) is 9.76. The maximum Gasteiger partial charge on any atom is 0.129 e. The molecule has 3 heteroatoms. The Labute approximate surface area is 95.5 Å². The van der Waals surface area contributed by atoms with Gasteiger partial charge in [0, 0.05) is 11.6 Å². The number of rotatable bonds is 2. The average Bonchev–Trinajstić information content (AvgIpc) is 2.67. The van der Waals surface area contributed by atoms with Crippen LogP contribution in [0.1, 0.15) is 35.6 Å². The Hall–Kier alpha value is -0.930. The van der Waals surface area contributed by atoms with Gasteiger partial charge in [-0.2, -0.15) is 0 Å². The zero-order valence-electron chi connectivity index (χ0n) is 9.76. The van der Waals surface area contributed by atoms with Gasteiger partial charge in [0.15, 0.2) is 0 Å². The summed E-state index contributed by atoms with van der Waals surface area (Å²) in [5, 5.41) is 13.4. The van der Waals surface area contributed by atoms with E-state index in [9.17, 15) is 9.50 Å². The second kappa shape index (κ2) is 4.52. The Kier molecular flexibility index (Phi) is 3.26. The molecule has 1 heterocycles. The van der Waals surface area contributed by atoms with Crippen LogP contribution in [0, 0.1) is 19.7 Å². The van der Waals surface area contributed by atoms with Crippen molar-refractivity contribution in [3.05, 3.63) is 34.6 Å². The summed E-state index contributed by atoms with van der Waals surface area (Å²) in [5.41, 5.74) is 2.18. The molecule has 1 aromatic carbocycles. The summed E-state index contributed by atoms with van der Waals surface area (Å²) in [7, 11) is 0. The molecule has 0 amide bonds. The van der Waals surface area contributed by atoms with Crippen molar-refractivity contribution in [2.75, 3.05) is 6.54 Å². The normalized spacial score (nSPS) is 22.4. The lowest BCUT2D eigenvalue weighted by Crippen LogP contribution is -2.29. The Morgan fingerprint density at radius 3 is 2.75 bits per heavy atom. The standard InChI is InChI=1S/C13H18FNO/c1-8-6-9(2)12(10(14)7-8)13(16)11-4-3-5-15-11/h6-7,11,13,15-16H,3-5H2,1-2H3. The molecular weight excluding hydrogens is 205 g/mol. The van der Waals surface area contributed by atoms with Crippen LogP contribution in [-0.2, 0) is 0 Å². The predicted molar refractivity (Wildman–Crippen MR) is 61.9 cm³/mol. The van der Waals surface area contributed by atoms with E-state index in [1.54, 1.807) is 0 Å². The van der Waals surface area contributed by atoms with E-state index in [0.29, 0.717) is 5.56 Å². The first-order chi connectivity index (χ1) is 7.59. The van der Waals surface area contributed by atoms with E-state index in [1.165, 1.54) is 6.07 Å². The van der Waals surface area contributed by atoms with Gasteiger partial charge in [0.1, 0.15) is 5.82 Å². The molecule has 2 N–H and O–H groups in total. The minimum atomic E-state index is -0.733. The third kappa shape index (κ3) is 2.11. The maximum atomic E-state index is 13.8. The van der Waals surface area contributed by atoms with Gasteiger partial charge in [0.2, 0.25) is 0 Å². The molecule has 0 radical (unpaired) electrons. The fourth-order valence-corrected chi connectivity index (χ4v) is 2.48.